The maximum atomic E-state index is 6.27. The second-order valence-corrected chi connectivity index (χ2v) is 17.8. The van der Waals surface area contributed by atoms with Crippen LogP contribution in [0.4, 0.5) is 0 Å². The second-order valence-electron chi connectivity index (χ2n) is 16.7. The summed E-state index contributed by atoms with van der Waals surface area (Å²) in [5.74, 6) is 0.310. The zero-order chi connectivity index (χ0) is 41.3. The summed E-state index contributed by atoms with van der Waals surface area (Å²) in [6.45, 7) is 4.63. The van der Waals surface area contributed by atoms with Crippen LogP contribution in [0.2, 0.25) is 0 Å². The van der Waals surface area contributed by atoms with Gasteiger partial charge in [-0.1, -0.05) is 134 Å². The van der Waals surface area contributed by atoms with Crippen molar-refractivity contribution in [2.24, 2.45) is 0 Å². The lowest BCUT2D eigenvalue weighted by atomic mass is 9.82. The first-order valence-corrected chi connectivity index (χ1v) is 22.6. The fourth-order valence-corrected chi connectivity index (χ4v) is 11.4. The number of hydrogen-bond acceptors (Lipinski definition) is 2. The molecule has 0 radical (unpaired) electrons. The van der Waals surface area contributed by atoms with Crippen LogP contribution in [0.3, 0.4) is 0 Å². The monoisotopic (exact) mass is 813 g/mol. The van der Waals surface area contributed by atoms with Gasteiger partial charge in [0.2, 0.25) is 0 Å². The first kappa shape index (κ1) is 36.6. The smallest absolute Gasteiger partial charge is 0.135 e. The van der Waals surface area contributed by atoms with Gasteiger partial charge in [-0.15, -0.1) is 11.3 Å². The summed E-state index contributed by atoms with van der Waals surface area (Å²) in [5.41, 5.74) is 17.1. The highest BCUT2D eigenvalue weighted by Crippen LogP contribution is 2.46. The Balaban J connectivity index is 0.983. The summed E-state index contributed by atoms with van der Waals surface area (Å²) in [6.07, 6.45) is 1.96. The molecular formula is C59H43NOS. The van der Waals surface area contributed by atoms with E-state index < -0.39 is 0 Å². The molecule has 3 aromatic heterocycles. The Morgan fingerprint density at radius 1 is 0.500 bits per heavy atom. The number of furan rings is 1. The number of aromatic nitrogens is 1. The van der Waals surface area contributed by atoms with Crippen LogP contribution in [-0.4, -0.2) is 4.57 Å². The minimum absolute atomic E-state index is 0.310. The van der Waals surface area contributed by atoms with Gasteiger partial charge in [-0.25, -0.2) is 0 Å². The van der Waals surface area contributed by atoms with Gasteiger partial charge in [0.1, 0.15) is 11.2 Å². The molecule has 12 rings (SSSR count). The number of rotatable bonds is 8. The number of fused-ring (bicyclic) bond motifs is 9. The van der Waals surface area contributed by atoms with Gasteiger partial charge in [0.05, 0.1) is 11.0 Å². The van der Waals surface area contributed by atoms with Crippen LogP contribution in [-0.2, 0) is 6.42 Å². The van der Waals surface area contributed by atoms with Crippen LogP contribution < -0.4 is 0 Å². The maximum Gasteiger partial charge on any atom is 0.135 e. The van der Waals surface area contributed by atoms with Crippen molar-refractivity contribution >= 4 is 75.3 Å². The summed E-state index contributed by atoms with van der Waals surface area (Å²) < 4.78 is 11.3. The molecule has 0 fully saturated rings. The van der Waals surface area contributed by atoms with Gasteiger partial charge in [-0.3, -0.25) is 0 Å². The third kappa shape index (κ3) is 5.91. The van der Waals surface area contributed by atoms with E-state index in [1.54, 1.807) is 0 Å². The molecule has 0 bridgehead atoms. The minimum atomic E-state index is 0.310. The molecule has 1 atom stereocenters. The van der Waals surface area contributed by atoms with Crippen LogP contribution in [0.5, 0.6) is 0 Å². The lowest BCUT2D eigenvalue weighted by Gasteiger charge is -2.22. The molecule has 1 unspecified atom stereocenters. The van der Waals surface area contributed by atoms with Gasteiger partial charge in [0.25, 0.3) is 0 Å². The lowest BCUT2D eigenvalue weighted by molar-refractivity contribution is 0.662. The molecule has 62 heavy (non-hydrogen) atoms. The molecule has 0 aliphatic heterocycles. The number of nitrogens with zero attached hydrogens (tertiary/aromatic N) is 1. The Kier molecular flexibility index (Phi) is 8.72. The van der Waals surface area contributed by atoms with E-state index in [0.717, 1.165) is 34.8 Å². The molecule has 9 aromatic carbocycles. The first-order chi connectivity index (χ1) is 30.6. The fourth-order valence-electron chi connectivity index (χ4n) is 10.2. The minimum Gasteiger partial charge on any atom is -0.456 e. The number of para-hydroxylation sites is 3. The zero-order valence-electron chi connectivity index (χ0n) is 34.7. The average Bonchev–Trinajstić information content (AvgIpc) is 4.00. The van der Waals surface area contributed by atoms with E-state index in [-0.39, 0.29) is 0 Å². The fraction of sp³-hybridized carbons (Fsp3) is 0.0847. The molecule has 0 aliphatic rings. The van der Waals surface area contributed by atoms with Crippen molar-refractivity contribution in [3.8, 4) is 39.1 Å². The van der Waals surface area contributed by atoms with Crippen LogP contribution in [0.25, 0.3) is 103 Å². The molecule has 296 valence electrons. The Morgan fingerprint density at radius 2 is 1.18 bits per heavy atom. The van der Waals surface area contributed by atoms with Gasteiger partial charge in [-0.05, 0) is 142 Å². The summed E-state index contributed by atoms with van der Waals surface area (Å²) in [4.78, 5) is 0. The Hall–Kier alpha value is -7.20. The predicted octanol–water partition coefficient (Wildman–Crippen LogP) is 17.1. The molecule has 0 N–H and O–H groups in total. The number of hydrogen-bond donors (Lipinski definition) is 0. The third-order valence-electron chi connectivity index (χ3n) is 13.2. The van der Waals surface area contributed by atoms with E-state index >= 15 is 0 Å². The maximum absolute atomic E-state index is 6.27. The molecule has 0 amide bonds. The van der Waals surface area contributed by atoms with E-state index in [4.69, 9.17) is 4.42 Å². The van der Waals surface area contributed by atoms with E-state index in [0.29, 0.717) is 5.92 Å². The SMILES string of the molecule is CCC(Cc1ccccc1-c1c(C)cccc1-c1ccc2c(c1)c1ccccc1n2-c1ccccc1)c1cc(-c2ccc3oc4ccccc4c3c2)c2sc3ccccc3c2c1. The largest absolute Gasteiger partial charge is 0.456 e. The molecule has 0 aliphatic carbocycles. The number of thiophene rings is 1. The standard InChI is InChI=1S/C59H43NOS/c1-3-38(42-35-49(59-52(36-42)48-23-11-14-27-57(48)62-59)41-29-31-56-51(34-41)47-22-10-13-26-55(47)61-56)32-39-17-7-8-20-44(39)58-37(2)16-15-24-45(58)40-28-30-54-50(33-40)46-21-9-12-25-53(46)60(54)43-18-5-4-6-19-43/h4-31,33-36,38H,3,32H2,1-2H3. The van der Waals surface area contributed by atoms with Crippen molar-refractivity contribution in [3.05, 3.63) is 211 Å². The van der Waals surface area contributed by atoms with Crippen molar-refractivity contribution in [3.63, 3.8) is 0 Å². The van der Waals surface area contributed by atoms with Crippen molar-refractivity contribution in [1.82, 2.24) is 4.57 Å². The van der Waals surface area contributed by atoms with Crippen LogP contribution in [0.15, 0.2) is 199 Å². The Morgan fingerprint density at radius 3 is 2.06 bits per heavy atom. The van der Waals surface area contributed by atoms with Gasteiger partial charge < -0.3 is 8.98 Å². The Bertz CT molecular complexity index is 3680. The summed E-state index contributed by atoms with van der Waals surface area (Å²) >= 11 is 1.90. The molecule has 2 nitrogen and oxygen atoms in total. The molecule has 0 saturated carbocycles. The van der Waals surface area contributed by atoms with E-state index in [1.807, 2.05) is 17.4 Å². The topological polar surface area (TPSA) is 18.1 Å². The summed E-state index contributed by atoms with van der Waals surface area (Å²) in [7, 11) is 0. The molecule has 0 spiro atoms. The van der Waals surface area contributed by atoms with E-state index in [2.05, 4.69) is 206 Å². The molecule has 3 heterocycles. The van der Waals surface area contributed by atoms with Crippen molar-refractivity contribution < 1.29 is 4.42 Å². The Labute approximate surface area is 364 Å². The van der Waals surface area contributed by atoms with E-state index in [9.17, 15) is 0 Å². The number of benzene rings is 9. The van der Waals surface area contributed by atoms with Crippen LogP contribution in [0, 0.1) is 6.92 Å². The molecular weight excluding hydrogens is 771 g/mol. The number of aryl methyl sites for hydroxylation is 1. The molecule has 12 aromatic rings. The summed E-state index contributed by atoms with van der Waals surface area (Å²) in [5, 5.41) is 7.52. The first-order valence-electron chi connectivity index (χ1n) is 21.7. The van der Waals surface area contributed by atoms with Gasteiger partial charge in [0, 0.05) is 47.4 Å². The second kappa shape index (κ2) is 14.8. The summed E-state index contributed by atoms with van der Waals surface area (Å²) in [6, 6.07) is 71.5. The normalized spacial score (nSPS) is 12.4. The third-order valence-corrected chi connectivity index (χ3v) is 14.4. The average molecular weight is 814 g/mol. The van der Waals surface area contributed by atoms with Crippen molar-refractivity contribution in [2.45, 2.75) is 32.6 Å². The van der Waals surface area contributed by atoms with Crippen molar-refractivity contribution in [2.75, 3.05) is 0 Å². The molecule has 0 saturated heterocycles. The van der Waals surface area contributed by atoms with Gasteiger partial charge >= 0.3 is 0 Å². The van der Waals surface area contributed by atoms with Gasteiger partial charge in [-0.2, -0.15) is 0 Å². The highest BCUT2D eigenvalue weighted by atomic mass is 32.1. The predicted molar refractivity (Wildman–Crippen MR) is 265 cm³/mol. The van der Waals surface area contributed by atoms with Crippen LogP contribution in [0.1, 0.15) is 36.0 Å². The quantitative estimate of drug-likeness (QED) is 0.149. The lowest BCUT2D eigenvalue weighted by Crippen LogP contribution is -2.04. The highest BCUT2D eigenvalue weighted by molar-refractivity contribution is 7.26. The van der Waals surface area contributed by atoms with Gasteiger partial charge in [0.15, 0.2) is 0 Å². The van der Waals surface area contributed by atoms with E-state index in [1.165, 1.54) is 97.7 Å². The van der Waals surface area contributed by atoms with Crippen LogP contribution >= 0.6 is 11.3 Å². The molecule has 3 heteroatoms. The highest BCUT2D eigenvalue weighted by Gasteiger charge is 2.22. The van der Waals surface area contributed by atoms with Crippen molar-refractivity contribution in [1.29, 1.82) is 0 Å². The zero-order valence-corrected chi connectivity index (χ0v) is 35.5.